The molecule has 2 aliphatic rings. The van der Waals surface area contributed by atoms with Crippen molar-refractivity contribution < 1.29 is 17.9 Å². The van der Waals surface area contributed by atoms with Gasteiger partial charge in [0.15, 0.2) is 5.84 Å². The maximum atomic E-state index is 13.0. The van der Waals surface area contributed by atoms with E-state index < -0.39 is 15.7 Å². The van der Waals surface area contributed by atoms with Gasteiger partial charge in [-0.1, -0.05) is 13.0 Å². The molecule has 182 valence electrons. The van der Waals surface area contributed by atoms with Crippen LogP contribution in [0.5, 0.6) is 5.75 Å². The average molecular weight is 487 g/mol. The highest BCUT2D eigenvalue weighted by molar-refractivity contribution is 7.91. The molecule has 0 bridgehead atoms. The van der Waals surface area contributed by atoms with Crippen molar-refractivity contribution >= 4 is 33.5 Å². The van der Waals surface area contributed by atoms with Gasteiger partial charge in [0.2, 0.25) is 0 Å². The third kappa shape index (κ3) is 5.41. The van der Waals surface area contributed by atoms with Gasteiger partial charge in [-0.15, -0.1) is 4.40 Å². The first kappa shape index (κ1) is 23.8. The van der Waals surface area contributed by atoms with E-state index in [2.05, 4.69) is 31.2 Å². The minimum Gasteiger partial charge on any atom is -0.490 e. The second-order valence-electron chi connectivity index (χ2n) is 9.46. The topological polar surface area (TPSA) is 139 Å². The lowest BCUT2D eigenvalue weighted by Crippen LogP contribution is -2.48. The Bertz CT molecular complexity index is 1230. The number of nitrogens with two attached hydrogens (primary N) is 1. The van der Waals surface area contributed by atoms with Gasteiger partial charge in [0.1, 0.15) is 18.2 Å². The first-order valence-corrected chi connectivity index (χ1v) is 12.6. The number of pyridine rings is 1. The molecule has 1 unspecified atom stereocenters. The van der Waals surface area contributed by atoms with Crippen LogP contribution in [0.25, 0.3) is 0 Å². The lowest BCUT2D eigenvalue weighted by Gasteiger charge is -2.32. The zero-order chi connectivity index (χ0) is 24.5. The van der Waals surface area contributed by atoms with Crippen LogP contribution in [-0.2, 0) is 10.2 Å². The number of anilines is 2. The lowest BCUT2D eigenvalue weighted by molar-refractivity contribution is 0.0880. The Kier molecular flexibility index (Phi) is 6.39. The zero-order valence-electron chi connectivity index (χ0n) is 19.5. The molecule has 1 amide bonds. The van der Waals surface area contributed by atoms with Gasteiger partial charge >= 0.3 is 10.2 Å². The van der Waals surface area contributed by atoms with Gasteiger partial charge in [-0.2, -0.15) is 8.42 Å². The molecular formula is C23H30N6O4S. The normalized spacial score (nSPS) is 19.4. The maximum absolute atomic E-state index is 13.0. The molecule has 1 atom stereocenters. The van der Waals surface area contributed by atoms with Crippen LogP contribution in [0.2, 0.25) is 0 Å². The van der Waals surface area contributed by atoms with Crippen molar-refractivity contribution in [2.75, 3.05) is 29.3 Å². The highest BCUT2D eigenvalue weighted by atomic mass is 32.2. The number of piperidine rings is 1. The number of hydrogen-bond acceptors (Lipinski definition) is 7. The number of ether oxygens (including phenoxy) is 1. The van der Waals surface area contributed by atoms with Crippen molar-refractivity contribution in [3.8, 4) is 5.75 Å². The van der Waals surface area contributed by atoms with Crippen LogP contribution in [0, 0.1) is 5.92 Å². The fraction of sp³-hybridized carbons (Fsp3) is 0.435. The van der Waals surface area contributed by atoms with Crippen LogP contribution < -0.4 is 25.4 Å². The Morgan fingerprint density at radius 2 is 2.15 bits per heavy atom. The van der Waals surface area contributed by atoms with E-state index >= 15 is 0 Å². The zero-order valence-corrected chi connectivity index (χ0v) is 20.4. The molecule has 1 aromatic heterocycles. The minimum absolute atomic E-state index is 0.122. The van der Waals surface area contributed by atoms with Gasteiger partial charge in [-0.05, 0) is 56.9 Å². The highest BCUT2D eigenvalue weighted by Crippen LogP contribution is 2.31. The van der Waals surface area contributed by atoms with Crippen molar-refractivity contribution in [1.82, 2.24) is 10.3 Å². The fourth-order valence-electron chi connectivity index (χ4n) is 4.14. The molecule has 3 heterocycles. The lowest BCUT2D eigenvalue weighted by atomic mass is 10.0. The Morgan fingerprint density at radius 3 is 2.91 bits per heavy atom. The SMILES string of the molecule is CC1CCCN(c2cc(C(=O)NC(C)(C)COc3cccc4c3C(N)=NS(=O)(=O)N4)ccn2)C1. The number of nitrogens with zero attached hydrogens (tertiary/aromatic N) is 3. The number of rotatable bonds is 6. The summed E-state index contributed by atoms with van der Waals surface area (Å²) < 4.78 is 35.3. The molecule has 0 saturated carbocycles. The van der Waals surface area contributed by atoms with Gasteiger partial charge in [0.05, 0.1) is 16.8 Å². The second kappa shape index (κ2) is 9.13. The third-order valence-corrected chi connectivity index (χ3v) is 6.68. The molecule has 11 heteroatoms. The van der Waals surface area contributed by atoms with Crippen molar-refractivity contribution in [2.45, 2.75) is 39.2 Å². The van der Waals surface area contributed by atoms with E-state index in [0.29, 0.717) is 28.5 Å². The third-order valence-electron chi connectivity index (χ3n) is 5.77. The van der Waals surface area contributed by atoms with E-state index in [9.17, 15) is 13.2 Å². The van der Waals surface area contributed by atoms with Gasteiger partial charge in [-0.3, -0.25) is 9.52 Å². The molecule has 2 aliphatic heterocycles. The molecule has 0 aliphatic carbocycles. The molecule has 4 rings (SSSR count). The smallest absolute Gasteiger partial charge is 0.344 e. The summed E-state index contributed by atoms with van der Waals surface area (Å²) in [4.78, 5) is 19.7. The van der Waals surface area contributed by atoms with Crippen molar-refractivity contribution in [1.29, 1.82) is 0 Å². The van der Waals surface area contributed by atoms with Crippen LogP contribution in [-0.4, -0.2) is 50.4 Å². The average Bonchev–Trinajstić information content (AvgIpc) is 2.76. The number of carbonyl (C=O) groups is 1. The number of benzene rings is 1. The minimum atomic E-state index is -3.88. The van der Waals surface area contributed by atoms with Crippen LogP contribution in [0.15, 0.2) is 40.9 Å². The highest BCUT2D eigenvalue weighted by Gasteiger charge is 2.27. The summed E-state index contributed by atoms with van der Waals surface area (Å²) >= 11 is 0. The Balaban J connectivity index is 1.44. The van der Waals surface area contributed by atoms with E-state index in [1.54, 1.807) is 30.5 Å². The van der Waals surface area contributed by atoms with Gasteiger partial charge < -0.3 is 20.7 Å². The molecule has 0 spiro atoms. The van der Waals surface area contributed by atoms with Crippen molar-refractivity contribution in [3.05, 3.63) is 47.7 Å². The largest absolute Gasteiger partial charge is 0.490 e. The maximum Gasteiger partial charge on any atom is 0.344 e. The summed E-state index contributed by atoms with van der Waals surface area (Å²) in [5, 5.41) is 3.00. The molecule has 1 aromatic carbocycles. The Hall–Kier alpha value is -3.34. The monoisotopic (exact) mass is 486 g/mol. The number of aromatic nitrogens is 1. The Labute approximate surface area is 199 Å². The van der Waals surface area contributed by atoms with Crippen molar-refractivity contribution in [3.63, 3.8) is 0 Å². The summed E-state index contributed by atoms with van der Waals surface area (Å²) in [6.07, 6.45) is 3.98. The van der Waals surface area contributed by atoms with Gasteiger partial charge in [0, 0.05) is 24.8 Å². The van der Waals surface area contributed by atoms with E-state index in [4.69, 9.17) is 10.5 Å². The second-order valence-corrected chi connectivity index (χ2v) is 10.8. The summed E-state index contributed by atoms with van der Waals surface area (Å²) in [6, 6.07) is 8.42. The molecule has 0 radical (unpaired) electrons. The quantitative estimate of drug-likeness (QED) is 0.569. The number of fused-ring (bicyclic) bond motifs is 1. The van der Waals surface area contributed by atoms with E-state index in [1.165, 1.54) is 6.42 Å². The van der Waals surface area contributed by atoms with Gasteiger partial charge in [0.25, 0.3) is 5.91 Å². The Morgan fingerprint density at radius 1 is 1.35 bits per heavy atom. The summed E-state index contributed by atoms with van der Waals surface area (Å²) in [6.45, 7) is 7.90. The number of carbonyl (C=O) groups excluding carboxylic acids is 1. The number of nitrogens with one attached hydrogen (secondary N) is 2. The molecular weight excluding hydrogens is 456 g/mol. The fourth-order valence-corrected chi connectivity index (χ4v) is 4.99. The van der Waals surface area contributed by atoms with Crippen LogP contribution in [0.4, 0.5) is 11.5 Å². The van der Waals surface area contributed by atoms with E-state index in [0.717, 1.165) is 25.3 Å². The molecule has 1 fully saturated rings. The summed E-state index contributed by atoms with van der Waals surface area (Å²) in [7, 11) is -3.88. The first-order valence-electron chi connectivity index (χ1n) is 11.2. The number of amidine groups is 1. The van der Waals surface area contributed by atoms with Crippen LogP contribution >= 0.6 is 0 Å². The predicted octanol–water partition coefficient (Wildman–Crippen LogP) is 2.28. The number of hydrogen-bond donors (Lipinski definition) is 3. The molecule has 4 N–H and O–H groups in total. The van der Waals surface area contributed by atoms with Crippen LogP contribution in [0.1, 0.15) is 49.5 Å². The summed E-state index contributed by atoms with van der Waals surface area (Å²) in [5.74, 6) is 1.39. The van der Waals surface area contributed by atoms with E-state index in [-0.39, 0.29) is 18.3 Å². The standard InChI is InChI=1S/C23H30N6O4S/c1-15-6-5-11-29(13-15)19-12-16(9-10-25-19)22(30)26-23(2,3)14-33-18-8-4-7-17-20(18)21(24)28-34(31,32)27-17/h4,7-10,12,15,27H,5-6,11,13-14H2,1-3H3,(H2,24,28)(H,26,30). The van der Waals surface area contributed by atoms with Crippen LogP contribution in [0.3, 0.4) is 0 Å². The molecule has 2 aromatic rings. The molecule has 34 heavy (non-hydrogen) atoms. The number of amides is 1. The van der Waals surface area contributed by atoms with Gasteiger partial charge in [-0.25, -0.2) is 4.98 Å². The van der Waals surface area contributed by atoms with E-state index in [1.807, 2.05) is 19.9 Å². The molecule has 10 nitrogen and oxygen atoms in total. The predicted molar refractivity (Wildman–Crippen MR) is 132 cm³/mol. The van der Waals surface area contributed by atoms with Crippen molar-refractivity contribution in [2.24, 2.45) is 16.0 Å². The molecule has 1 saturated heterocycles. The summed E-state index contributed by atoms with van der Waals surface area (Å²) in [5.41, 5.74) is 6.33. The first-order chi connectivity index (χ1) is 16.0.